The Bertz CT molecular complexity index is 535. The number of aliphatic carboxylic acids is 1. The molecular formula is C15H20O5S. The maximum absolute atomic E-state index is 12.5. The average Bonchev–Trinajstić information content (AvgIpc) is 2.47. The second-order valence-electron chi connectivity index (χ2n) is 5.48. The molecule has 6 heteroatoms. The van der Waals surface area contributed by atoms with E-state index in [9.17, 15) is 14.1 Å². The lowest BCUT2D eigenvalue weighted by Crippen LogP contribution is -2.40. The van der Waals surface area contributed by atoms with Gasteiger partial charge in [-0.1, -0.05) is 12.1 Å². The third-order valence-corrected chi connectivity index (χ3v) is 5.61. The molecule has 5 nitrogen and oxygen atoms in total. The van der Waals surface area contributed by atoms with Crippen molar-refractivity contribution in [3.05, 3.63) is 24.3 Å². The molecule has 0 aromatic heterocycles. The minimum atomic E-state index is -1.38. The maximum Gasteiger partial charge on any atom is 0.306 e. The topological polar surface area (TPSA) is 83.8 Å². The fraction of sp³-hybridized carbons (Fsp3) is 0.533. The van der Waals surface area contributed by atoms with Gasteiger partial charge in [0.2, 0.25) is 0 Å². The van der Waals surface area contributed by atoms with Crippen molar-refractivity contribution in [1.82, 2.24) is 0 Å². The van der Waals surface area contributed by atoms with E-state index in [4.69, 9.17) is 9.84 Å². The molecule has 0 amide bonds. The Morgan fingerprint density at radius 1 is 1.38 bits per heavy atom. The molecule has 1 unspecified atom stereocenters. The van der Waals surface area contributed by atoms with Gasteiger partial charge in [0.05, 0.1) is 40.1 Å². The minimum Gasteiger partial charge on any atom is -0.495 e. The zero-order valence-corrected chi connectivity index (χ0v) is 12.8. The molecule has 116 valence electrons. The largest absolute Gasteiger partial charge is 0.495 e. The summed E-state index contributed by atoms with van der Waals surface area (Å²) in [6, 6.07) is 7.03. The van der Waals surface area contributed by atoms with Crippen molar-refractivity contribution in [3.8, 4) is 5.75 Å². The monoisotopic (exact) mass is 312 g/mol. The predicted octanol–water partition coefficient (Wildman–Crippen LogP) is 1.81. The quantitative estimate of drug-likeness (QED) is 0.866. The highest BCUT2D eigenvalue weighted by Gasteiger charge is 2.37. The fourth-order valence-electron chi connectivity index (χ4n) is 2.68. The molecule has 1 fully saturated rings. The molecule has 0 saturated heterocycles. The highest BCUT2D eigenvalue weighted by molar-refractivity contribution is 7.85. The van der Waals surface area contributed by atoms with Gasteiger partial charge in [-0.3, -0.25) is 9.00 Å². The second kappa shape index (κ2) is 6.58. The molecule has 1 saturated carbocycles. The zero-order valence-electron chi connectivity index (χ0n) is 11.9. The van der Waals surface area contributed by atoms with Crippen LogP contribution in [-0.2, 0) is 15.6 Å². The molecule has 0 aliphatic heterocycles. The fourth-order valence-corrected chi connectivity index (χ4v) is 4.21. The Labute approximate surface area is 126 Å². The number of benzene rings is 1. The lowest BCUT2D eigenvalue weighted by atomic mass is 9.80. The summed E-state index contributed by atoms with van der Waals surface area (Å²) in [7, 11) is 0.141. The number of ether oxygens (including phenoxy) is 1. The molecule has 1 aromatic rings. The number of carboxylic acid groups (broad SMARTS) is 1. The van der Waals surface area contributed by atoms with E-state index in [1.807, 2.05) is 0 Å². The summed E-state index contributed by atoms with van der Waals surface area (Å²) in [4.78, 5) is 11.5. The van der Waals surface area contributed by atoms with Gasteiger partial charge in [0.1, 0.15) is 5.75 Å². The Morgan fingerprint density at radius 3 is 2.57 bits per heavy atom. The first kappa shape index (κ1) is 16.0. The van der Waals surface area contributed by atoms with E-state index in [1.165, 1.54) is 7.11 Å². The molecule has 1 aliphatic carbocycles. The van der Waals surface area contributed by atoms with Crippen LogP contribution in [0.4, 0.5) is 0 Å². The molecule has 21 heavy (non-hydrogen) atoms. The smallest absolute Gasteiger partial charge is 0.306 e. The van der Waals surface area contributed by atoms with Crippen LogP contribution in [0.15, 0.2) is 29.2 Å². The first-order valence-electron chi connectivity index (χ1n) is 6.92. The van der Waals surface area contributed by atoms with Crippen LogP contribution in [0.5, 0.6) is 5.75 Å². The lowest BCUT2D eigenvalue weighted by Gasteiger charge is -2.34. The van der Waals surface area contributed by atoms with Crippen molar-refractivity contribution in [2.45, 2.75) is 36.2 Å². The number of hydrogen-bond acceptors (Lipinski definition) is 4. The molecule has 2 rings (SSSR count). The van der Waals surface area contributed by atoms with E-state index in [0.29, 0.717) is 36.3 Å². The summed E-state index contributed by atoms with van der Waals surface area (Å²) in [6.07, 6.45) is 1.58. The molecule has 1 atom stereocenters. The van der Waals surface area contributed by atoms with Gasteiger partial charge in [-0.15, -0.1) is 0 Å². The summed E-state index contributed by atoms with van der Waals surface area (Å²) in [5, 5.41) is 19.5. The number of carboxylic acids is 1. The molecule has 0 bridgehead atoms. The molecule has 1 aliphatic rings. The van der Waals surface area contributed by atoms with Gasteiger partial charge in [-0.05, 0) is 37.8 Å². The summed E-state index contributed by atoms with van der Waals surface area (Å²) >= 11 is 0. The van der Waals surface area contributed by atoms with Crippen LogP contribution in [0.2, 0.25) is 0 Å². The average molecular weight is 312 g/mol. The summed E-state index contributed by atoms with van der Waals surface area (Å²) in [5.41, 5.74) is -1.06. The second-order valence-corrected chi connectivity index (χ2v) is 6.90. The Balaban J connectivity index is 2.04. The minimum absolute atomic E-state index is 0.111. The first-order valence-corrected chi connectivity index (χ1v) is 8.24. The van der Waals surface area contributed by atoms with Crippen LogP contribution in [0.3, 0.4) is 0 Å². The maximum atomic E-state index is 12.5. The highest BCUT2D eigenvalue weighted by Crippen LogP contribution is 2.34. The molecular weight excluding hydrogens is 292 g/mol. The van der Waals surface area contributed by atoms with Gasteiger partial charge in [-0.25, -0.2) is 0 Å². The van der Waals surface area contributed by atoms with Gasteiger partial charge >= 0.3 is 5.97 Å². The number of carbonyl (C=O) groups is 1. The number of para-hydroxylation sites is 1. The van der Waals surface area contributed by atoms with Crippen LogP contribution in [0.1, 0.15) is 25.7 Å². The number of methoxy groups -OCH3 is 1. The molecule has 1 aromatic carbocycles. The van der Waals surface area contributed by atoms with E-state index in [0.717, 1.165) is 0 Å². The van der Waals surface area contributed by atoms with Gasteiger partial charge < -0.3 is 14.9 Å². The van der Waals surface area contributed by atoms with Gasteiger partial charge in [0.25, 0.3) is 0 Å². The van der Waals surface area contributed by atoms with E-state index < -0.39 is 28.3 Å². The Hall–Kier alpha value is -1.40. The van der Waals surface area contributed by atoms with Crippen LogP contribution >= 0.6 is 0 Å². The van der Waals surface area contributed by atoms with Gasteiger partial charge in [0, 0.05) is 0 Å². The van der Waals surface area contributed by atoms with E-state index in [-0.39, 0.29) is 5.75 Å². The van der Waals surface area contributed by atoms with E-state index in [1.54, 1.807) is 24.3 Å². The van der Waals surface area contributed by atoms with Crippen LogP contribution in [-0.4, -0.2) is 38.9 Å². The number of hydrogen-bond donors (Lipinski definition) is 2. The molecule has 0 spiro atoms. The molecule has 0 heterocycles. The summed E-state index contributed by atoms with van der Waals surface area (Å²) in [5.74, 6) is -0.564. The van der Waals surface area contributed by atoms with Crippen molar-refractivity contribution in [3.63, 3.8) is 0 Å². The van der Waals surface area contributed by atoms with Crippen molar-refractivity contribution in [2.75, 3.05) is 12.9 Å². The Kier molecular flexibility index (Phi) is 5.00. The third kappa shape index (κ3) is 3.83. The standard InChI is InChI=1S/C15H20O5S/c1-20-12-4-2-3-5-13(12)21(19)10-15(18)8-6-11(7-9-15)14(16)17/h2-5,11,18H,6-10H2,1H3,(H,16,17). The van der Waals surface area contributed by atoms with E-state index >= 15 is 0 Å². The first-order chi connectivity index (χ1) is 9.95. The highest BCUT2D eigenvalue weighted by atomic mass is 32.2. The third-order valence-electron chi connectivity index (χ3n) is 3.98. The van der Waals surface area contributed by atoms with Crippen molar-refractivity contribution in [1.29, 1.82) is 0 Å². The SMILES string of the molecule is COc1ccccc1S(=O)CC1(O)CCC(C(=O)O)CC1. The lowest BCUT2D eigenvalue weighted by molar-refractivity contribution is -0.144. The van der Waals surface area contributed by atoms with Crippen molar-refractivity contribution in [2.24, 2.45) is 5.92 Å². The summed E-state index contributed by atoms with van der Waals surface area (Å²) < 4.78 is 17.7. The molecule has 0 radical (unpaired) electrons. The predicted molar refractivity (Wildman–Crippen MR) is 78.8 cm³/mol. The molecule has 2 N–H and O–H groups in total. The zero-order chi connectivity index (χ0) is 15.5. The van der Waals surface area contributed by atoms with Gasteiger partial charge in [0.15, 0.2) is 0 Å². The number of aliphatic hydroxyl groups is 1. The van der Waals surface area contributed by atoms with Crippen LogP contribution in [0, 0.1) is 5.92 Å². The van der Waals surface area contributed by atoms with Crippen LogP contribution in [0.25, 0.3) is 0 Å². The summed E-state index contributed by atoms with van der Waals surface area (Å²) in [6.45, 7) is 0. The number of rotatable bonds is 5. The normalized spacial score (nSPS) is 27.0. The Morgan fingerprint density at radius 2 is 2.00 bits per heavy atom. The van der Waals surface area contributed by atoms with E-state index in [2.05, 4.69) is 0 Å². The van der Waals surface area contributed by atoms with Crippen molar-refractivity contribution < 1.29 is 24.0 Å². The van der Waals surface area contributed by atoms with Gasteiger partial charge in [-0.2, -0.15) is 0 Å². The van der Waals surface area contributed by atoms with Crippen molar-refractivity contribution >= 4 is 16.8 Å². The van der Waals surface area contributed by atoms with Crippen LogP contribution < -0.4 is 4.74 Å².